The molecule has 1 aromatic carbocycles. The van der Waals surface area contributed by atoms with Gasteiger partial charge in [-0.1, -0.05) is 31.4 Å². The Morgan fingerprint density at radius 2 is 2.04 bits per heavy atom. The summed E-state index contributed by atoms with van der Waals surface area (Å²) < 4.78 is 1.67. The van der Waals surface area contributed by atoms with Crippen LogP contribution in [0.4, 0.5) is 5.82 Å². The van der Waals surface area contributed by atoms with Crippen LogP contribution in [-0.4, -0.2) is 31.0 Å². The second-order valence-corrected chi connectivity index (χ2v) is 6.46. The molecule has 1 aliphatic carbocycles. The van der Waals surface area contributed by atoms with Gasteiger partial charge in [0.15, 0.2) is 17.3 Å². The van der Waals surface area contributed by atoms with E-state index < -0.39 is 0 Å². The van der Waals surface area contributed by atoms with Gasteiger partial charge in [-0.25, -0.2) is 14.8 Å². The highest BCUT2D eigenvalue weighted by Gasteiger charge is 2.23. The molecule has 2 heterocycles. The van der Waals surface area contributed by atoms with Crippen molar-refractivity contribution in [3.05, 3.63) is 34.7 Å². The summed E-state index contributed by atoms with van der Waals surface area (Å²) in [4.78, 5) is 35.1. The van der Waals surface area contributed by atoms with Crippen molar-refractivity contribution >= 4 is 23.4 Å². The van der Waals surface area contributed by atoms with Gasteiger partial charge in [0.25, 0.3) is 0 Å². The number of nitrogens with zero attached hydrogens (tertiary/aromatic N) is 3. The van der Waals surface area contributed by atoms with Crippen LogP contribution in [0, 0.1) is 0 Å². The number of H-pyrrole nitrogens is 1. The summed E-state index contributed by atoms with van der Waals surface area (Å²) in [5.41, 5.74) is 1.16. The lowest BCUT2D eigenvalue weighted by Crippen LogP contribution is -2.24. The van der Waals surface area contributed by atoms with Crippen molar-refractivity contribution in [3.63, 3.8) is 0 Å². The van der Waals surface area contributed by atoms with Crippen molar-refractivity contribution in [2.24, 2.45) is 0 Å². The molecule has 1 amide bonds. The fraction of sp³-hybridized carbons (Fsp3) is 0.333. The van der Waals surface area contributed by atoms with Crippen LogP contribution in [0.2, 0.25) is 0 Å². The van der Waals surface area contributed by atoms with E-state index in [9.17, 15) is 14.7 Å². The third kappa shape index (κ3) is 2.83. The number of nitrogens with one attached hydrogen (secondary N) is 2. The average Bonchev–Trinajstić information content (AvgIpc) is 2.99. The molecule has 1 fully saturated rings. The molecule has 26 heavy (non-hydrogen) atoms. The summed E-state index contributed by atoms with van der Waals surface area (Å²) in [5, 5.41) is 12.1. The van der Waals surface area contributed by atoms with Gasteiger partial charge in [-0.2, -0.15) is 0 Å². The maximum atomic E-state index is 12.6. The number of fused-ring (bicyclic) bond motifs is 1. The van der Waals surface area contributed by atoms with E-state index in [0.29, 0.717) is 22.6 Å². The Morgan fingerprint density at radius 1 is 1.23 bits per heavy atom. The van der Waals surface area contributed by atoms with Crippen molar-refractivity contribution in [3.8, 4) is 17.1 Å². The van der Waals surface area contributed by atoms with E-state index in [0.717, 1.165) is 25.7 Å². The molecule has 2 aromatic heterocycles. The Morgan fingerprint density at radius 3 is 2.77 bits per heavy atom. The molecule has 4 rings (SSSR count). The quantitative estimate of drug-likeness (QED) is 0.624. The number of anilines is 1. The van der Waals surface area contributed by atoms with Gasteiger partial charge in [0, 0.05) is 11.6 Å². The van der Waals surface area contributed by atoms with Crippen LogP contribution in [0.5, 0.6) is 5.75 Å². The standard InChI is InChI=1S/C18H18N5O3/c24-10-19-16-14-17(22-15(21-16)11-5-4-8-13(25)9-11)23(18(26)20-14)12-6-2-1-3-7-12/h4-5,8-9,12,25H,1-3,6-7H2,(H,20,26)(H,19,21,22,24). The lowest BCUT2D eigenvalue weighted by Gasteiger charge is -2.22. The first kappa shape index (κ1) is 16.3. The minimum atomic E-state index is -0.261. The normalized spacial score (nSPS) is 15.2. The molecule has 1 aliphatic rings. The lowest BCUT2D eigenvalue weighted by atomic mass is 9.95. The van der Waals surface area contributed by atoms with Crippen LogP contribution in [0.3, 0.4) is 0 Å². The van der Waals surface area contributed by atoms with Crippen LogP contribution in [0.25, 0.3) is 22.6 Å². The fourth-order valence-corrected chi connectivity index (χ4v) is 3.59. The van der Waals surface area contributed by atoms with Crippen LogP contribution in [0.1, 0.15) is 38.1 Å². The van der Waals surface area contributed by atoms with Gasteiger partial charge < -0.3 is 15.4 Å². The van der Waals surface area contributed by atoms with Gasteiger partial charge >= 0.3 is 12.1 Å². The number of hydrogen-bond acceptors (Lipinski definition) is 5. The topological polar surface area (TPSA) is 113 Å². The van der Waals surface area contributed by atoms with Gasteiger partial charge in [-0.15, -0.1) is 0 Å². The van der Waals surface area contributed by atoms with E-state index in [1.807, 2.05) is 0 Å². The number of carbonyl (C=O) groups excluding carboxylic acids is 1. The van der Waals surface area contributed by atoms with Gasteiger partial charge in [-0.05, 0) is 25.0 Å². The van der Waals surface area contributed by atoms with Crippen LogP contribution < -0.4 is 11.0 Å². The van der Waals surface area contributed by atoms with Gasteiger partial charge in [0.2, 0.25) is 0 Å². The molecule has 133 valence electrons. The summed E-state index contributed by atoms with van der Waals surface area (Å²) in [6.45, 7) is 0. The third-order valence-corrected chi connectivity index (χ3v) is 4.78. The Kier molecular flexibility index (Phi) is 4.16. The zero-order valence-corrected chi connectivity index (χ0v) is 14.0. The van der Waals surface area contributed by atoms with E-state index in [4.69, 9.17) is 0 Å². The highest BCUT2D eigenvalue weighted by atomic mass is 16.3. The van der Waals surface area contributed by atoms with Crippen molar-refractivity contribution in [2.45, 2.75) is 38.1 Å². The predicted molar refractivity (Wildman–Crippen MR) is 96.7 cm³/mol. The Labute approximate surface area is 148 Å². The van der Waals surface area contributed by atoms with Crippen LogP contribution in [0.15, 0.2) is 29.1 Å². The average molecular weight is 352 g/mol. The molecule has 3 N–H and O–H groups in total. The summed E-state index contributed by atoms with van der Waals surface area (Å²) in [7, 11) is 0. The van der Waals surface area contributed by atoms with E-state index in [1.54, 1.807) is 29.2 Å². The molecule has 0 spiro atoms. The number of phenolic OH excluding ortho intramolecular Hbond substituents is 1. The van der Waals surface area contributed by atoms with Crippen molar-refractivity contribution in [1.82, 2.24) is 19.5 Å². The predicted octanol–water partition coefficient (Wildman–Crippen LogP) is 2.48. The highest BCUT2D eigenvalue weighted by Crippen LogP contribution is 2.31. The molecule has 1 radical (unpaired) electrons. The molecule has 3 aromatic rings. The van der Waals surface area contributed by atoms with E-state index in [2.05, 4.69) is 20.3 Å². The van der Waals surface area contributed by atoms with Gasteiger partial charge in [0.05, 0.1) is 0 Å². The third-order valence-electron chi connectivity index (χ3n) is 4.78. The molecule has 0 atom stereocenters. The smallest absolute Gasteiger partial charge is 0.328 e. The maximum absolute atomic E-state index is 12.6. The Hall–Kier alpha value is -3.16. The number of imidazole rings is 1. The Bertz CT molecular complexity index is 1020. The number of hydrogen-bond donors (Lipinski definition) is 3. The number of benzene rings is 1. The first-order valence-electron chi connectivity index (χ1n) is 8.62. The number of aromatic hydroxyl groups is 1. The van der Waals surface area contributed by atoms with Crippen molar-refractivity contribution < 1.29 is 9.90 Å². The molecule has 8 nitrogen and oxygen atoms in total. The van der Waals surface area contributed by atoms with Crippen molar-refractivity contribution in [2.75, 3.05) is 5.32 Å². The van der Waals surface area contributed by atoms with Gasteiger partial charge in [0.1, 0.15) is 11.3 Å². The molecular weight excluding hydrogens is 334 g/mol. The Balaban J connectivity index is 1.94. The lowest BCUT2D eigenvalue weighted by molar-refractivity contribution is 0.352. The summed E-state index contributed by atoms with van der Waals surface area (Å²) in [6.07, 6.45) is 6.75. The molecular formula is C18H18N5O3. The maximum Gasteiger partial charge on any atom is 0.328 e. The fourth-order valence-electron chi connectivity index (χ4n) is 3.59. The number of aromatic nitrogens is 4. The molecule has 0 bridgehead atoms. The van der Waals surface area contributed by atoms with Gasteiger partial charge in [-0.3, -0.25) is 9.36 Å². The molecule has 1 saturated carbocycles. The second kappa shape index (κ2) is 6.62. The minimum Gasteiger partial charge on any atom is -0.508 e. The van der Waals surface area contributed by atoms with Crippen LogP contribution >= 0.6 is 0 Å². The minimum absolute atomic E-state index is 0.0741. The summed E-state index contributed by atoms with van der Waals surface area (Å²) >= 11 is 0. The molecule has 0 unspecified atom stereocenters. The van der Waals surface area contributed by atoms with E-state index >= 15 is 0 Å². The first-order chi connectivity index (χ1) is 12.7. The number of phenols is 1. The largest absolute Gasteiger partial charge is 0.508 e. The van der Waals surface area contributed by atoms with E-state index in [-0.39, 0.29) is 23.3 Å². The number of rotatable bonds is 4. The number of aromatic amines is 1. The first-order valence-corrected chi connectivity index (χ1v) is 8.62. The molecule has 8 heteroatoms. The second-order valence-electron chi connectivity index (χ2n) is 6.46. The zero-order chi connectivity index (χ0) is 18.1. The highest BCUT2D eigenvalue weighted by molar-refractivity contribution is 5.90. The van der Waals surface area contributed by atoms with Crippen molar-refractivity contribution in [1.29, 1.82) is 0 Å². The summed E-state index contributed by atoms with van der Waals surface area (Å²) in [5.74, 6) is 0.589. The number of amides is 1. The monoisotopic (exact) mass is 352 g/mol. The SMILES string of the molecule is O=[C]Nc1nc(-c2cccc(O)c2)nc2c1[nH]c(=O)n2C1CCCCC1. The van der Waals surface area contributed by atoms with E-state index in [1.165, 1.54) is 12.5 Å². The van der Waals surface area contributed by atoms with Crippen LogP contribution in [-0.2, 0) is 4.79 Å². The zero-order valence-electron chi connectivity index (χ0n) is 14.0. The summed E-state index contributed by atoms with van der Waals surface area (Å²) in [6, 6.07) is 6.60. The molecule has 0 saturated heterocycles. The molecule has 0 aliphatic heterocycles.